The Balaban J connectivity index is 2.01. The lowest BCUT2D eigenvalue weighted by Crippen LogP contribution is -2.19. The molecule has 1 heterocycles. The molecule has 0 aliphatic rings. The molecule has 1 aromatic heterocycles. The summed E-state index contributed by atoms with van der Waals surface area (Å²) in [4.78, 5) is 0. The minimum atomic E-state index is 0.377. The highest BCUT2D eigenvalue weighted by Gasteiger charge is 2.08. The maximum atomic E-state index is 5.06. The molecule has 2 nitrogen and oxygen atoms in total. The Hall–Kier alpha value is -1.06. The SMILES string of the molecule is CCC(NCc1ccoc1)c1cccc(Br)c1. The van der Waals surface area contributed by atoms with Crippen LogP contribution in [-0.2, 0) is 6.54 Å². The molecule has 2 aromatic rings. The molecule has 0 bridgehead atoms. The number of benzene rings is 1. The third kappa shape index (κ3) is 3.45. The first kappa shape index (κ1) is 12.4. The van der Waals surface area contributed by atoms with E-state index in [1.54, 1.807) is 12.5 Å². The van der Waals surface area contributed by atoms with E-state index in [0.717, 1.165) is 17.4 Å². The van der Waals surface area contributed by atoms with E-state index >= 15 is 0 Å². The quantitative estimate of drug-likeness (QED) is 0.890. The van der Waals surface area contributed by atoms with Gasteiger partial charge in [-0.25, -0.2) is 0 Å². The summed E-state index contributed by atoms with van der Waals surface area (Å²) < 4.78 is 6.18. The van der Waals surface area contributed by atoms with Gasteiger partial charge in [0.15, 0.2) is 0 Å². The smallest absolute Gasteiger partial charge is 0.0947 e. The standard InChI is InChI=1S/C14H16BrNO/c1-2-14(12-4-3-5-13(15)8-12)16-9-11-6-7-17-10-11/h3-8,10,14,16H,2,9H2,1H3. The number of nitrogens with one attached hydrogen (secondary N) is 1. The summed E-state index contributed by atoms with van der Waals surface area (Å²) in [5.74, 6) is 0. The van der Waals surface area contributed by atoms with Gasteiger partial charge in [0.2, 0.25) is 0 Å². The van der Waals surface area contributed by atoms with E-state index in [4.69, 9.17) is 4.42 Å². The molecule has 2 rings (SSSR count). The molecule has 90 valence electrons. The highest BCUT2D eigenvalue weighted by atomic mass is 79.9. The molecular formula is C14H16BrNO. The van der Waals surface area contributed by atoms with Crippen LogP contribution in [0.1, 0.15) is 30.5 Å². The van der Waals surface area contributed by atoms with Crippen LogP contribution in [0.15, 0.2) is 51.7 Å². The van der Waals surface area contributed by atoms with Gasteiger partial charge in [0.25, 0.3) is 0 Å². The molecule has 1 N–H and O–H groups in total. The van der Waals surface area contributed by atoms with Crippen molar-refractivity contribution < 1.29 is 4.42 Å². The lowest BCUT2D eigenvalue weighted by molar-refractivity contribution is 0.512. The largest absolute Gasteiger partial charge is 0.472 e. The van der Waals surface area contributed by atoms with E-state index in [1.807, 2.05) is 12.1 Å². The van der Waals surface area contributed by atoms with E-state index in [2.05, 4.69) is 46.4 Å². The number of furan rings is 1. The highest BCUT2D eigenvalue weighted by Crippen LogP contribution is 2.21. The van der Waals surface area contributed by atoms with Crippen molar-refractivity contribution in [3.8, 4) is 0 Å². The number of hydrogen-bond acceptors (Lipinski definition) is 2. The van der Waals surface area contributed by atoms with Gasteiger partial charge in [0, 0.05) is 22.6 Å². The van der Waals surface area contributed by atoms with Crippen molar-refractivity contribution in [1.82, 2.24) is 5.32 Å². The van der Waals surface area contributed by atoms with E-state index in [0.29, 0.717) is 6.04 Å². The third-order valence-electron chi connectivity index (χ3n) is 2.79. The molecule has 1 atom stereocenters. The van der Waals surface area contributed by atoms with Crippen molar-refractivity contribution >= 4 is 15.9 Å². The summed E-state index contributed by atoms with van der Waals surface area (Å²) in [6, 6.07) is 10.8. The first-order valence-electron chi connectivity index (χ1n) is 5.79. The van der Waals surface area contributed by atoms with Gasteiger partial charge in [0.1, 0.15) is 0 Å². The zero-order chi connectivity index (χ0) is 12.1. The van der Waals surface area contributed by atoms with Crippen LogP contribution in [0.25, 0.3) is 0 Å². The molecule has 0 fully saturated rings. The zero-order valence-electron chi connectivity index (χ0n) is 9.82. The van der Waals surface area contributed by atoms with Crippen LogP contribution in [0, 0.1) is 0 Å². The Bertz CT molecular complexity index is 453. The summed E-state index contributed by atoms with van der Waals surface area (Å²) in [5.41, 5.74) is 2.49. The van der Waals surface area contributed by atoms with Crippen LogP contribution in [0.4, 0.5) is 0 Å². The third-order valence-corrected chi connectivity index (χ3v) is 3.29. The van der Waals surface area contributed by atoms with Crippen LogP contribution in [-0.4, -0.2) is 0 Å². The second kappa shape index (κ2) is 6.03. The van der Waals surface area contributed by atoms with Gasteiger partial charge in [-0.3, -0.25) is 0 Å². The number of halogens is 1. The normalized spacial score (nSPS) is 12.6. The summed E-state index contributed by atoms with van der Waals surface area (Å²) in [5, 5.41) is 3.53. The predicted octanol–water partition coefficient (Wildman–Crippen LogP) is 4.28. The lowest BCUT2D eigenvalue weighted by Gasteiger charge is -2.17. The van der Waals surface area contributed by atoms with Gasteiger partial charge in [-0.1, -0.05) is 35.0 Å². The van der Waals surface area contributed by atoms with Crippen LogP contribution in [0.3, 0.4) is 0 Å². The summed E-state index contributed by atoms with van der Waals surface area (Å²) >= 11 is 3.51. The fraction of sp³-hybridized carbons (Fsp3) is 0.286. The molecule has 0 aliphatic carbocycles. The molecule has 3 heteroatoms. The molecule has 0 saturated heterocycles. The van der Waals surface area contributed by atoms with E-state index in [9.17, 15) is 0 Å². The number of rotatable bonds is 5. The molecule has 17 heavy (non-hydrogen) atoms. The maximum Gasteiger partial charge on any atom is 0.0947 e. The Morgan fingerprint density at radius 3 is 2.88 bits per heavy atom. The van der Waals surface area contributed by atoms with E-state index < -0.39 is 0 Å². The second-order valence-corrected chi connectivity index (χ2v) is 4.94. The van der Waals surface area contributed by atoms with Gasteiger partial charge < -0.3 is 9.73 Å². The average molecular weight is 294 g/mol. The summed E-state index contributed by atoms with van der Waals surface area (Å²) in [6.07, 6.45) is 4.55. The lowest BCUT2D eigenvalue weighted by atomic mass is 10.0. The molecule has 0 spiro atoms. The summed E-state index contributed by atoms with van der Waals surface area (Å²) in [7, 11) is 0. The molecule has 0 amide bonds. The first-order chi connectivity index (χ1) is 8.29. The van der Waals surface area contributed by atoms with E-state index in [-0.39, 0.29) is 0 Å². The minimum Gasteiger partial charge on any atom is -0.472 e. The number of hydrogen-bond donors (Lipinski definition) is 1. The molecule has 1 aromatic carbocycles. The highest BCUT2D eigenvalue weighted by molar-refractivity contribution is 9.10. The van der Waals surface area contributed by atoms with Crippen molar-refractivity contribution in [2.24, 2.45) is 0 Å². The Labute approximate surface area is 110 Å². The van der Waals surface area contributed by atoms with E-state index in [1.165, 1.54) is 11.1 Å². The minimum absolute atomic E-state index is 0.377. The van der Waals surface area contributed by atoms with Crippen molar-refractivity contribution in [3.63, 3.8) is 0 Å². The first-order valence-corrected chi connectivity index (χ1v) is 6.59. The zero-order valence-corrected chi connectivity index (χ0v) is 11.4. The summed E-state index contributed by atoms with van der Waals surface area (Å²) in [6.45, 7) is 3.02. The van der Waals surface area contributed by atoms with Crippen molar-refractivity contribution in [3.05, 3.63) is 58.5 Å². The Morgan fingerprint density at radius 2 is 2.24 bits per heavy atom. The van der Waals surface area contributed by atoms with Crippen LogP contribution >= 0.6 is 15.9 Å². The van der Waals surface area contributed by atoms with Gasteiger partial charge in [-0.05, 0) is 30.2 Å². The topological polar surface area (TPSA) is 25.2 Å². The van der Waals surface area contributed by atoms with Gasteiger partial charge in [-0.15, -0.1) is 0 Å². The molecular weight excluding hydrogens is 278 g/mol. The van der Waals surface area contributed by atoms with Crippen molar-refractivity contribution in [2.45, 2.75) is 25.9 Å². The van der Waals surface area contributed by atoms with Gasteiger partial charge in [-0.2, -0.15) is 0 Å². The monoisotopic (exact) mass is 293 g/mol. The molecule has 0 radical (unpaired) electrons. The maximum absolute atomic E-state index is 5.06. The van der Waals surface area contributed by atoms with Gasteiger partial charge in [0.05, 0.1) is 12.5 Å². The Kier molecular flexibility index (Phi) is 4.40. The molecule has 0 saturated carbocycles. The van der Waals surface area contributed by atoms with Crippen LogP contribution in [0.5, 0.6) is 0 Å². The fourth-order valence-electron chi connectivity index (χ4n) is 1.86. The second-order valence-electron chi connectivity index (χ2n) is 4.03. The van der Waals surface area contributed by atoms with Crippen LogP contribution in [0.2, 0.25) is 0 Å². The van der Waals surface area contributed by atoms with Crippen LogP contribution < -0.4 is 5.32 Å². The molecule has 1 unspecified atom stereocenters. The van der Waals surface area contributed by atoms with Crippen molar-refractivity contribution in [2.75, 3.05) is 0 Å². The van der Waals surface area contributed by atoms with Gasteiger partial charge >= 0.3 is 0 Å². The average Bonchev–Trinajstić information content (AvgIpc) is 2.83. The predicted molar refractivity (Wildman–Crippen MR) is 72.7 cm³/mol. The Morgan fingerprint density at radius 1 is 1.35 bits per heavy atom. The fourth-order valence-corrected chi connectivity index (χ4v) is 2.27. The molecule has 0 aliphatic heterocycles. The van der Waals surface area contributed by atoms with Crippen molar-refractivity contribution in [1.29, 1.82) is 0 Å².